The lowest BCUT2D eigenvalue weighted by Gasteiger charge is -2.28. The minimum atomic E-state index is -0.141. The predicted molar refractivity (Wildman–Crippen MR) is 92.2 cm³/mol. The third-order valence-electron chi connectivity index (χ3n) is 5.31. The van der Waals surface area contributed by atoms with Gasteiger partial charge in [0, 0.05) is 58.2 Å². The van der Waals surface area contributed by atoms with E-state index < -0.39 is 0 Å². The first-order valence-corrected chi connectivity index (χ1v) is 9.18. The number of rotatable bonds is 6. The van der Waals surface area contributed by atoms with Gasteiger partial charge in [-0.1, -0.05) is 6.07 Å². The van der Waals surface area contributed by atoms with E-state index in [4.69, 9.17) is 9.47 Å². The van der Waals surface area contributed by atoms with Gasteiger partial charge in [-0.3, -0.25) is 14.8 Å². The summed E-state index contributed by atoms with van der Waals surface area (Å²) in [4.78, 5) is 23.1. The lowest BCUT2D eigenvalue weighted by molar-refractivity contribution is 0.0362. The molecule has 25 heavy (non-hydrogen) atoms. The van der Waals surface area contributed by atoms with Crippen LogP contribution in [0.1, 0.15) is 12.0 Å². The molecule has 0 N–H and O–H groups in total. The quantitative estimate of drug-likeness (QED) is 0.760. The number of hydrogen-bond donors (Lipinski definition) is 0. The van der Waals surface area contributed by atoms with E-state index >= 15 is 0 Å². The summed E-state index contributed by atoms with van der Waals surface area (Å²) in [6.45, 7) is 7.97. The monoisotopic (exact) mass is 346 g/mol. The second kappa shape index (κ2) is 7.68. The van der Waals surface area contributed by atoms with Crippen LogP contribution in [0.4, 0.5) is 4.79 Å². The number of pyridine rings is 1. The Hall–Kier alpha value is -1.70. The highest BCUT2D eigenvalue weighted by atomic mass is 16.6. The van der Waals surface area contributed by atoms with Crippen molar-refractivity contribution in [3.8, 4) is 0 Å². The zero-order chi connectivity index (χ0) is 17.1. The Morgan fingerprint density at radius 2 is 2.04 bits per heavy atom. The van der Waals surface area contributed by atoms with Crippen LogP contribution in [0.3, 0.4) is 0 Å². The van der Waals surface area contributed by atoms with Crippen LogP contribution in [-0.2, 0) is 16.0 Å². The average molecular weight is 346 g/mol. The molecule has 0 bridgehead atoms. The summed E-state index contributed by atoms with van der Waals surface area (Å²) in [5, 5.41) is 0. The average Bonchev–Trinajstić information content (AvgIpc) is 3.14. The Bertz CT molecular complexity index is 579. The van der Waals surface area contributed by atoms with Gasteiger partial charge in [-0.25, -0.2) is 4.79 Å². The fraction of sp³-hybridized carbons (Fsp3) is 0.667. The summed E-state index contributed by atoms with van der Waals surface area (Å²) in [7, 11) is 0. The summed E-state index contributed by atoms with van der Waals surface area (Å²) < 4.78 is 11.0. The Morgan fingerprint density at radius 3 is 2.84 bits per heavy atom. The maximum Gasteiger partial charge on any atom is 0.410 e. The molecule has 0 aromatic carbocycles. The molecule has 1 aromatic rings. The highest BCUT2D eigenvalue weighted by Gasteiger charge is 2.47. The number of nitrogens with zero attached hydrogens (tertiary/aromatic N) is 4. The van der Waals surface area contributed by atoms with Crippen LogP contribution in [0.2, 0.25) is 0 Å². The molecule has 7 nitrogen and oxygen atoms in total. The van der Waals surface area contributed by atoms with Crippen LogP contribution in [-0.4, -0.2) is 90.4 Å². The Labute approximate surface area is 148 Å². The first-order chi connectivity index (χ1) is 12.3. The van der Waals surface area contributed by atoms with Gasteiger partial charge in [-0.2, -0.15) is 0 Å². The van der Waals surface area contributed by atoms with Crippen LogP contribution in [0.25, 0.3) is 0 Å². The van der Waals surface area contributed by atoms with Gasteiger partial charge in [0.15, 0.2) is 0 Å². The molecule has 2 atom stereocenters. The van der Waals surface area contributed by atoms with Crippen LogP contribution < -0.4 is 0 Å². The van der Waals surface area contributed by atoms with Crippen molar-refractivity contribution in [3.05, 3.63) is 30.1 Å². The summed E-state index contributed by atoms with van der Waals surface area (Å²) in [5.41, 5.74) is 1.20. The molecule has 4 heterocycles. The third-order valence-corrected chi connectivity index (χ3v) is 5.31. The van der Waals surface area contributed by atoms with E-state index in [1.165, 1.54) is 5.56 Å². The number of morpholine rings is 1. The first-order valence-electron chi connectivity index (χ1n) is 9.18. The number of fused-ring (bicyclic) bond motifs is 1. The number of carbonyl (C=O) groups excluding carboxylic acids is 1. The molecule has 1 aromatic heterocycles. The maximum absolute atomic E-state index is 12.2. The molecule has 0 aliphatic carbocycles. The minimum Gasteiger partial charge on any atom is -0.442 e. The van der Waals surface area contributed by atoms with Gasteiger partial charge in [0.2, 0.25) is 0 Å². The number of likely N-dealkylation sites (tertiary alicyclic amines) is 1. The molecule has 0 radical (unpaired) electrons. The molecule has 0 spiro atoms. The van der Waals surface area contributed by atoms with E-state index in [0.29, 0.717) is 0 Å². The van der Waals surface area contributed by atoms with Crippen LogP contribution in [0.15, 0.2) is 24.5 Å². The number of carbonyl (C=O) groups is 1. The van der Waals surface area contributed by atoms with Gasteiger partial charge < -0.3 is 14.4 Å². The molecule has 136 valence electrons. The molecule has 3 fully saturated rings. The minimum absolute atomic E-state index is 0.00700. The zero-order valence-corrected chi connectivity index (χ0v) is 14.5. The van der Waals surface area contributed by atoms with Crippen molar-refractivity contribution in [2.45, 2.75) is 25.1 Å². The summed E-state index contributed by atoms with van der Waals surface area (Å²) >= 11 is 0. The number of hydrogen-bond acceptors (Lipinski definition) is 6. The first kappa shape index (κ1) is 16.8. The Kier molecular flexibility index (Phi) is 5.14. The van der Waals surface area contributed by atoms with E-state index in [0.717, 1.165) is 65.4 Å². The van der Waals surface area contributed by atoms with E-state index in [9.17, 15) is 4.79 Å². The van der Waals surface area contributed by atoms with Crippen molar-refractivity contribution in [2.24, 2.45) is 0 Å². The standard InChI is InChI=1S/C18H26N4O3/c23-18-22(6-2-5-20-7-9-24-10-8-20)16-13-21(14-17(16)25-18)12-15-3-1-4-19-11-15/h1,3-4,11,16-17H,2,5-10,12-14H2/t16-,17+/m0/s1. The highest BCUT2D eigenvalue weighted by molar-refractivity contribution is 5.71. The molecular formula is C18H26N4O3. The smallest absolute Gasteiger partial charge is 0.410 e. The molecule has 3 aliphatic heterocycles. The van der Waals surface area contributed by atoms with E-state index in [1.54, 1.807) is 6.20 Å². The molecular weight excluding hydrogens is 320 g/mol. The molecule has 3 saturated heterocycles. The van der Waals surface area contributed by atoms with E-state index in [2.05, 4.69) is 20.9 Å². The van der Waals surface area contributed by atoms with Crippen LogP contribution in [0, 0.1) is 0 Å². The second-order valence-corrected chi connectivity index (χ2v) is 7.05. The Balaban J connectivity index is 1.27. The maximum atomic E-state index is 12.2. The fourth-order valence-corrected chi connectivity index (χ4v) is 4.01. The largest absolute Gasteiger partial charge is 0.442 e. The lowest BCUT2D eigenvalue weighted by Crippen LogP contribution is -2.41. The van der Waals surface area contributed by atoms with Crippen LogP contribution >= 0.6 is 0 Å². The van der Waals surface area contributed by atoms with Crippen molar-refractivity contribution in [3.63, 3.8) is 0 Å². The van der Waals surface area contributed by atoms with Crippen molar-refractivity contribution in [1.82, 2.24) is 19.7 Å². The zero-order valence-electron chi connectivity index (χ0n) is 14.5. The molecule has 3 aliphatic rings. The lowest BCUT2D eigenvalue weighted by atomic mass is 10.2. The third kappa shape index (κ3) is 3.94. The van der Waals surface area contributed by atoms with Crippen molar-refractivity contribution >= 4 is 6.09 Å². The Morgan fingerprint density at radius 1 is 1.16 bits per heavy atom. The number of aromatic nitrogens is 1. The fourth-order valence-electron chi connectivity index (χ4n) is 4.01. The SMILES string of the molecule is O=C1O[C@@H]2CN(Cc3cccnc3)C[C@@H]2N1CCCN1CCOCC1. The van der Waals surface area contributed by atoms with Gasteiger partial charge in [-0.15, -0.1) is 0 Å². The molecule has 7 heteroatoms. The second-order valence-electron chi connectivity index (χ2n) is 7.05. The van der Waals surface area contributed by atoms with Gasteiger partial charge >= 0.3 is 6.09 Å². The summed E-state index contributed by atoms with van der Waals surface area (Å²) in [5.74, 6) is 0. The number of ether oxygens (including phenoxy) is 2. The molecule has 0 unspecified atom stereocenters. The summed E-state index contributed by atoms with van der Waals surface area (Å²) in [6, 6.07) is 4.24. The van der Waals surface area contributed by atoms with Gasteiger partial charge in [0.25, 0.3) is 0 Å². The van der Waals surface area contributed by atoms with E-state index in [1.807, 2.05) is 17.2 Å². The van der Waals surface area contributed by atoms with Crippen LogP contribution in [0.5, 0.6) is 0 Å². The predicted octanol–water partition coefficient (Wildman–Crippen LogP) is 0.809. The van der Waals surface area contributed by atoms with Gasteiger partial charge in [-0.05, 0) is 18.1 Å². The van der Waals surface area contributed by atoms with Crippen molar-refractivity contribution in [2.75, 3.05) is 52.5 Å². The van der Waals surface area contributed by atoms with E-state index in [-0.39, 0.29) is 18.2 Å². The number of amides is 1. The topological polar surface area (TPSA) is 58.1 Å². The molecule has 1 amide bonds. The normalized spacial score (nSPS) is 27.5. The van der Waals surface area contributed by atoms with Gasteiger partial charge in [0.05, 0.1) is 19.3 Å². The summed E-state index contributed by atoms with van der Waals surface area (Å²) in [6.07, 6.45) is 4.55. The van der Waals surface area contributed by atoms with Crippen molar-refractivity contribution in [1.29, 1.82) is 0 Å². The van der Waals surface area contributed by atoms with Gasteiger partial charge in [0.1, 0.15) is 6.10 Å². The highest BCUT2D eigenvalue weighted by Crippen LogP contribution is 2.28. The van der Waals surface area contributed by atoms with Crippen molar-refractivity contribution < 1.29 is 14.3 Å². The molecule has 0 saturated carbocycles. The molecule has 4 rings (SSSR count).